The first-order chi connectivity index (χ1) is 19.8. The lowest BCUT2D eigenvalue weighted by Crippen LogP contribution is -2.14. The van der Waals surface area contributed by atoms with Crippen molar-refractivity contribution < 1.29 is 19.7 Å². The molecule has 0 saturated carbocycles. The number of rotatable bonds is 10. The van der Waals surface area contributed by atoms with Crippen LogP contribution in [0.25, 0.3) is 22.3 Å². The molecule has 4 aromatic rings. The van der Waals surface area contributed by atoms with E-state index in [1.54, 1.807) is 0 Å². The van der Waals surface area contributed by atoms with Crippen molar-refractivity contribution in [3.05, 3.63) is 93.0 Å². The molecule has 2 N–H and O–H groups in total. The maximum atomic E-state index is 10.2. The monoisotopic (exact) mass is 566 g/mol. The molecule has 0 saturated heterocycles. The van der Waals surface area contributed by atoms with Gasteiger partial charge < -0.3 is 19.7 Å². The number of ether oxygens (including phenoxy) is 2. The number of aromatic hydroxyl groups is 2. The smallest absolute Gasteiger partial charge is 0.125 e. The molecule has 0 fully saturated rings. The number of hydrogen-bond donors (Lipinski definition) is 2. The number of unbranched alkanes of at least 4 members (excludes halogenated alkanes) is 1. The summed E-state index contributed by atoms with van der Waals surface area (Å²) < 4.78 is 12.7. The highest BCUT2D eigenvalue weighted by Crippen LogP contribution is 2.35. The molecule has 1 atom stereocenters. The molecule has 0 aliphatic rings. The number of hydrogen-bond acceptors (Lipinski definition) is 4. The van der Waals surface area contributed by atoms with Gasteiger partial charge in [-0.1, -0.05) is 0 Å². The van der Waals surface area contributed by atoms with Crippen molar-refractivity contribution in [1.82, 2.24) is 0 Å². The first-order valence-corrected chi connectivity index (χ1v) is 15.0. The molecule has 0 bridgehead atoms. The Hall–Kier alpha value is -3.92. The van der Waals surface area contributed by atoms with E-state index in [4.69, 9.17) is 9.47 Å². The molecule has 0 radical (unpaired) electrons. The lowest BCUT2D eigenvalue weighted by Gasteiger charge is -2.20. The summed E-state index contributed by atoms with van der Waals surface area (Å²) in [5.41, 5.74) is 12.5. The molecule has 0 aromatic heterocycles. The molecule has 4 nitrogen and oxygen atoms in total. The molecule has 1 unspecified atom stereocenters. The summed E-state index contributed by atoms with van der Waals surface area (Å²) in [5, 5.41) is 20.3. The third kappa shape index (κ3) is 6.92. The Morgan fingerprint density at radius 2 is 0.833 bits per heavy atom. The van der Waals surface area contributed by atoms with Crippen molar-refractivity contribution in [3.63, 3.8) is 0 Å². The number of phenols is 2. The Balaban J connectivity index is 1.31. The Morgan fingerprint density at radius 3 is 1.21 bits per heavy atom. The lowest BCUT2D eigenvalue weighted by atomic mass is 9.96. The largest absolute Gasteiger partial charge is 0.507 e. The van der Waals surface area contributed by atoms with Crippen molar-refractivity contribution in [1.29, 1.82) is 0 Å². The van der Waals surface area contributed by atoms with Crippen LogP contribution in [0.2, 0.25) is 0 Å². The molecular formula is C38H46O4. The minimum atomic E-state index is 0.103. The molecule has 0 amide bonds. The minimum Gasteiger partial charge on any atom is -0.507 e. The Bertz CT molecular complexity index is 1510. The first kappa shape index (κ1) is 31.0. The van der Waals surface area contributed by atoms with E-state index in [0.717, 1.165) is 97.5 Å². The van der Waals surface area contributed by atoms with Crippen LogP contribution in [0.4, 0.5) is 0 Å². The fourth-order valence-corrected chi connectivity index (χ4v) is 5.86. The van der Waals surface area contributed by atoms with E-state index in [0.29, 0.717) is 18.1 Å². The summed E-state index contributed by atoms with van der Waals surface area (Å²) in [6.07, 6.45) is 3.04. The van der Waals surface area contributed by atoms with Gasteiger partial charge in [-0.15, -0.1) is 0 Å². The van der Waals surface area contributed by atoms with Gasteiger partial charge in [0.15, 0.2) is 0 Å². The average Bonchev–Trinajstić information content (AvgIpc) is 2.92. The zero-order chi connectivity index (χ0) is 30.7. The average molecular weight is 567 g/mol. The molecule has 0 heterocycles. The summed E-state index contributed by atoms with van der Waals surface area (Å²) in [5.74, 6) is 2.65. The van der Waals surface area contributed by atoms with Crippen LogP contribution in [0.5, 0.6) is 23.0 Å². The van der Waals surface area contributed by atoms with E-state index in [-0.39, 0.29) is 6.10 Å². The van der Waals surface area contributed by atoms with Crippen molar-refractivity contribution in [3.8, 4) is 45.3 Å². The quantitative estimate of drug-likeness (QED) is 0.188. The Kier molecular flexibility index (Phi) is 9.56. The minimum absolute atomic E-state index is 0.103. The second kappa shape index (κ2) is 12.9. The van der Waals surface area contributed by atoms with Gasteiger partial charge in [0, 0.05) is 0 Å². The second-order valence-electron chi connectivity index (χ2n) is 12.1. The van der Waals surface area contributed by atoms with Gasteiger partial charge in [-0.05, 0) is 197 Å². The van der Waals surface area contributed by atoms with Gasteiger partial charge >= 0.3 is 0 Å². The number of aryl methyl sites for hydroxylation is 8. The highest BCUT2D eigenvalue weighted by molar-refractivity contribution is 5.71. The summed E-state index contributed by atoms with van der Waals surface area (Å²) >= 11 is 0. The summed E-state index contributed by atoms with van der Waals surface area (Å²) in [4.78, 5) is 0. The van der Waals surface area contributed by atoms with Gasteiger partial charge in [-0.3, -0.25) is 0 Å². The van der Waals surface area contributed by atoms with Crippen LogP contribution in [0.3, 0.4) is 0 Å². The fourth-order valence-electron chi connectivity index (χ4n) is 5.86. The number of phenolic OH excluding ortho intramolecular Hbond substituents is 2. The van der Waals surface area contributed by atoms with E-state index in [9.17, 15) is 10.2 Å². The zero-order valence-electron chi connectivity index (χ0n) is 26.7. The molecular weight excluding hydrogens is 520 g/mol. The second-order valence-corrected chi connectivity index (χ2v) is 12.1. The Labute approximate surface area is 252 Å². The van der Waals surface area contributed by atoms with Gasteiger partial charge in [-0.25, -0.2) is 0 Å². The van der Waals surface area contributed by atoms with Crippen molar-refractivity contribution in [2.75, 3.05) is 6.61 Å². The van der Waals surface area contributed by atoms with Crippen LogP contribution in [0.15, 0.2) is 48.5 Å². The van der Waals surface area contributed by atoms with Gasteiger partial charge in [0.05, 0.1) is 12.7 Å². The van der Waals surface area contributed by atoms with E-state index in [1.165, 1.54) is 0 Å². The normalized spacial score (nSPS) is 11.9. The summed E-state index contributed by atoms with van der Waals surface area (Å²) in [6.45, 7) is 19.0. The summed E-state index contributed by atoms with van der Waals surface area (Å²) in [6, 6.07) is 16.8. The van der Waals surface area contributed by atoms with Crippen LogP contribution in [0.1, 0.15) is 70.7 Å². The molecule has 4 heteroatoms. The van der Waals surface area contributed by atoms with Crippen molar-refractivity contribution >= 4 is 0 Å². The van der Waals surface area contributed by atoms with Crippen LogP contribution >= 0.6 is 0 Å². The third-order valence-electron chi connectivity index (χ3n) is 8.14. The lowest BCUT2D eigenvalue weighted by molar-refractivity contribution is 0.199. The fraction of sp³-hybridized carbons (Fsp3) is 0.368. The Morgan fingerprint density at radius 1 is 0.500 bits per heavy atom. The van der Waals surface area contributed by atoms with E-state index < -0.39 is 0 Å². The molecule has 4 aromatic carbocycles. The van der Waals surface area contributed by atoms with Gasteiger partial charge in [0.2, 0.25) is 0 Å². The predicted octanol–water partition coefficient (Wildman–Crippen LogP) is 9.92. The predicted molar refractivity (Wildman–Crippen MR) is 174 cm³/mol. The third-order valence-corrected chi connectivity index (χ3v) is 8.14. The van der Waals surface area contributed by atoms with E-state index >= 15 is 0 Å². The SMILES string of the molecule is Cc1cc(-c2cc(C)c(OCCCCC(C)Oc3c(C)cc(-c4cc(C)c(O)c(C)c4)cc3C)c(C)c2)cc(C)c1O. The van der Waals surface area contributed by atoms with E-state index in [2.05, 4.69) is 58.9 Å². The van der Waals surface area contributed by atoms with Crippen LogP contribution < -0.4 is 9.47 Å². The standard InChI is InChI=1S/C38H46O4/c1-22-14-31(15-23(2)35(22)39)33-18-26(5)37(27(6)19-33)41-13-11-10-12-30(9)42-38-28(7)20-34(21-29(38)8)32-16-24(3)36(40)25(4)17-32/h14-21,30,39-40H,10-13H2,1-9H3. The maximum Gasteiger partial charge on any atom is 0.125 e. The zero-order valence-corrected chi connectivity index (χ0v) is 26.7. The molecule has 4 rings (SSSR count). The molecule has 222 valence electrons. The van der Waals surface area contributed by atoms with Gasteiger partial charge in [0.25, 0.3) is 0 Å². The van der Waals surface area contributed by atoms with Crippen LogP contribution in [0, 0.1) is 55.4 Å². The van der Waals surface area contributed by atoms with Gasteiger partial charge in [-0.2, -0.15) is 0 Å². The van der Waals surface area contributed by atoms with Crippen molar-refractivity contribution in [2.24, 2.45) is 0 Å². The first-order valence-electron chi connectivity index (χ1n) is 15.0. The molecule has 0 aliphatic carbocycles. The van der Waals surface area contributed by atoms with Crippen LogP contribution in [-0.4, -0.2) is 22.9 Å². The van der Waals surface area contributed by atoms with Gasteiger partial charge in [0.1, 0.15) is 23.0 Å². The van der Waals surface area contributed by atoms with Crippen LogP contribution in [-0.2, 0) is 0 Å². The maximum absolute atomic E-state index is 10.2. The number of benzene rings is 4. The molecule has 0 aliphatic heterocycles. The van der Waals surface area contributed by atoms with Crippen molar-refractivity contribution in [2.45, 2.75) is 87.7 Å². The summed E-state index contributed by atoms with van der Waals surface area (Å²) in [7, 11) is 0. The van der Waals surface area contributed by atoms with E-state index in [1.807, 2.05) is 52.0 Å². The highest BCUT2D eigenvalue weighted by atomic mass is 16.5. The molecule has 0 spiro atoms. The topological polar surface area (TPSA) is 58.9 Å². The highest BCUT2D eigenvalue weighted by Gasteiger charge is 2.14. The molecule has 42 heavy (non-hydrogen) atoms.